The molecule has 2 aromatic carbocycles. The molecule has 4 nitrogen and oxygen atoms in total. The van der Waals surface area contributed by atoms with E-state index in [2.05, 4.69) is 11.9 Å². The van der Waals surface area contributed by atoms with E-state index in [1.165, 1.54) is 18.7 Å². The van der Waals surface area contributed by atoms with Crippen LogP contribution in [0.25, 0.3) is 0 Å². The van der Waals surface area contributed by atoms with E-state index in [1.54, 1.807) is 19.4 Å². The first-order valence-electron chi connectivity index (χ1n) is 6.76. The summed E-state index contributed by atoms with van der Waals surface area (Å²) in [6, 6.07) is 11.2. The lowest BCUT2D eigenvalue weighted by molar-refractivity contribution is 0.384. The van der Waals surface area contributed by atoms with Crippen molar-refractivity contribution in [1.29, 1.82) is 0 Å². The maximum atomic E-state index is 10.0. The van der Waals surface area contributed by atoms with Crippen molar-refractivity contribution in [2.45, 2.75) is 13.3 Å². The fourth-order valence-electron chi connectivity index (χ4n) is 1.96. The van der Waals surface area contributed by atoms with Gasteiger partial charge in [0.05, 0.1) is 25.5 Å². The number of hydrogen-bond donors (Lipinski definition) is 1. The highest BCUT2D eigenvalue weighted by atomic mass is 16.5. The van der Waals surface area contributed by atoms with Crippen molar-refractivity contribution in [1.82, 2.24) is 0 Å². The number of hydrogen-bond acceptors (Lipinski definition) is 4. The summed E-state index contributed by atoms with van der Waals surface area (Å²) in [5.74, 6) is 1.12. The Morgan fingerprint density at radius 3 is 2.38 bits per heavy atom. The summed E-state index contributed by atoms with van der Waals surface area (Å²) in [6.45, 7) is 2.11. The molecule has 0 amide bonds. The topological polar surface area (TPSA) is 51.1 Å². The van der Waals surface area contributed by atoms with Crippen molar-refractivity contribution in [2.75, 3.05) is 14.2 Å². The summed E-state index contributed by atoms with van der Waals surface area (Å²) >= 11 is 0. The Morgan fingerprint density at radius 1 is 1.10 bits per heavy atom. The zero-order chi connectivity index (χ0) is 15.2. The van der Waals surface area contributed by atoms with Crippen LogP contribution in [0.3, 0.4) is 0 Å². The third-order valence-electron chi connectivity index (χ3n) is 3.24. The molecule has 0 aliphatic carbocycles. The average Bonchev–Trinajstić information content (AvgIpc) is 2.53. The lowest BCUT2D eigenvalue weighted by atomic mass is 10.1. The second kappa shape index (κ2) is 6.79. The van der Waals surface area contributed by atoms with Crippen molar-refractivity contribution < 1.29 is 14.6 Å². The first kappa shape index (κ1) is 14.9. The van der Waals surface area contributed by atoms with Crippen LogP contribution in [0.2, 0.25) is 0 Å². The van der Waals surface area contributed by atoms with Crippen LogP contribution in [0.15, 0.2) is 41.4 Å². The van der Waals surface area contributed by atoms with Crippen LogP contribution in [0.5, 0.6) is 17.2 Å². The zero-order valence-corrected chi connectivity index (χ0v) is 12.5. The molecule has 2 rings (SSSR count). The largest absolute Gasteiger partial charge is 0.507 e. The Morgan fingerprint density at radius 2 is 1.81 bits per heavy atom. The first-order valence-corrected chi connectivity index (χ1v) is 6.76. The van der Waals surface area contributed by atoms with E-state index in [9.17, 15) is 5.11 Å². The van der Waals surface area contributed by atoms with Gasteiger partial charge in [-0.15, -0.1) is 0 Å². The van der Waals surface area contributed by atoms with Crippen LogP contribution in [-0.4, -0.2) is 25.5 Å². The normalized spacial score (nSPS) is 10.8. The fraction of sp³-hybridized carbons (Fsp3) is 0.235. The number of aromatic hydroxyl groups is 1. The second-order valence-electron chi connectivity index (χ2n) is 4.54. The van der Waals surface area contributed by atoms with E-state index in [4.69, 9.17) is 9.47 Å². The standard InChI is InChI=1S/C17H19NO3/c1-4-12-5-7-13(8-6-12)18-11-15-16(19)9-14(20-2)10-17(15)21-3/h5-11,19H,4H2,1-3H3. The summed E-state index contributed by atoms with van der Waals surface area (Å²) in [4.78, 5) is 4.37. The quantitative estimate of drug-likeness (QED) is 0.852. The van der Waals surface area contributed by atoms with E-state index in [0.717, 1.165) is 12.1 Å². The number of aliphatic imine (C=N–C) groups is 1. The SMILES string of the molecule is CCc1ccc(N=Cc2c(O)cc(OC)cc2OC)cc1. The number of phenolic OH excluding ortho intramolecular Hbond substituents is 1. The number of ether oxygens (including phenoxy) is 2. The molecule has 0 heterocycles. The Labute approximate surface area is 124 Å². The Kier molecular flexibility index (Phi) is 4.82. The van der Waals surface area contributed by atoms with Gasteiger partial charge in [0.15, 0.2) is 0 Å². The third-order valence-corrected chi connectivity index (χ3v) is 3.24. The van der Waals surface area contributed by atoms with Gasteiger partial charge >= 0.3 is 0 Å². The van der Waals surface area contributed by atoms with Crippen LogP contribution >= 0.6 is 0 Å². The molecule has 0 aromatic heterocycles. The predicted octanol–water partition coefficient (Wildman–Crippen LogP) is 3.72. The molecule has 1 N–H and O–H groups in total. The van der Waals surface area contributed by atoms with Crippen LogP contribution in [-0.2, 0) is 6.42 Å². The highest BCUT2D eigenvalue weighted by molar-refractivity contribution is 5.89. The van der Waals surface area contributed by atoms with Crippen LogP contribution in [0.1, 0.15) is 18.1 Å². The summed E-state index contributed by atoms with van der Waals surface area (Å²) in [7, 11) is 3.08. The Balaban J connectivity index is 2.31. The maximum Gasteiger partial charge on any atom is 0.135 e. The molecular formula is C17H19NO3. The molecule has 21 heavy (non-hydrogen) atoms. The summed E-state index contributed by atoms with van der Waals surface area (Å²) in [6.07, 6.45) is 2.59. The number of phenols is 1. The Hall–Kier alpha value is -2.49. The lowest BCUT2D eigenvalue weighted by Gasteiger charge is -2.09. The molecule has 0 radical (unpaired) electrons. The smallest absolute Gasteiger partial charge is 0.135 e. The molecule has 0 unspecified atom stereocenters. The number of benzene rings is 2. The molecule has 0 saturated heterocycles. The number of aryl methyl sites for hydroxylation is 1. The minimum Gasteiger partial charge on any atom is -0.507 e. The van der Waals surface area contributed by atoms with E-state index >= 15 is 0 Å². The van der Waals surface area contributed by atoms with Gasteiger partial charge in [-0.3, -0.25) is 4.99 Å². The number of nitrogens with zero attached hydrogens (tertiary/aromatic N) is 1. The molecule has 0 fully saturated rings. The predicted molar refractivity (Wildman–Crippen MR) is 84.3 cm³/mol. The van der Waals surface area contributed by atoms with Crippen molar-refractivity contribution in [3.63, 3.8) is 0 Å². The minimum absolute atomic E-state index is 0.0696. The third kappa shape index (κ3) is 3.54. The molecule has 110 valence electrons. The second-order valence-corrected chi connectivity index (χ2v) is 4.54. The van der Waals surface area contributed by atoms with E-state index < -0.39 is 0 Å². The summed E-state index contributed by atoms with van der Waals surface area (Å²) in [5.41, 5.74) is 2.61. The fourth-order valence-corrected chi connectivity index (χ4v) is 1.96. The monoisotopic (exact) mass is 285 g/mol. The summed E-state index contributed by atoms with van der Waals surface area (Å²) < 4.78 is 10.4. The van der Waals surface area contributed by atoms with Gasteiger partial charge in [-0.2, -0.15) is 0 Å². The van der Waals surface area contributed by atoms with Gasteiger partial charge in [0, 0.05) is 18.3 Å². The van der Waals surface area contributed by atoms with Gasteiger partial charge < -0.3 is 14.6 Å². The summed E-state index contributed by atoms with van der Waals surface area (Å²) in [5, 5.41) is 10.0. The number of methoxy groups -OCH3 is 2. The van der Waals surface area contributed by atoms with Crippen molar-refractivity contribution in [3.05, 3.63) is 47.5 Å². The molecule has 0 saturated carbocycles. The number of rotatable bonds is 5. The van der Waals surface area contributed by atoms with Gasteiger partial charge in [0.2, 0.25) is 0 Å². The van der Waals surface area contributed by atoms with Crippen LogP contribution in [0, 0.1) is 0 Å². The van der Waals surface area contributed by atoms with Crippen molar-refractivity contribution >= 4 is 11.9 Å². The van der Waals surface area contributed by atoms with E-state index in [1.807, 2.05) is 24.3 Å². The van der Waals surface area contributed by atoms with Gasteiger partial charge in [-0.25, -0.2) is 0 Å². The maximum absolute atomic E-state index is 10.0. The average molecular weight is 285 g/mol. The molecular weight excluding hydrogens is 266 g/mol. The highest BCUT2D eigenvalue weighted by Crippen LogP contribution is 2.32. The molecule has 4 heteroatoms. The van der Waals surface area contributed by atoms with Gasteiger partial charge in [-0.05, 0) is 24.1 Å². The molecule has 0 atom stereocenters. The highest BCUT2D eigenvalue weighted by Gasteiger charge is 2.09. The van der Waals surface area contributed by atoms with Crippen LogP contribution < -0.4 is 9.47 Å². The molecule has 0 spiro atoms. The van der Waals surface area contributed by atoms with Gasteiger partial charge in [-0.1, -0.05) is 19.1 Å². The lowest BCUT2D eigenvalue weighted by Crippen LogP contribution is -1.93. The molecule has 0 bridgehead atoms. The van der Waals surface area contributed by atoms with Gasteiger partial charge in [0.1, 0.15) is 17.2 Å². The van der Waals surface area contributed by atoms with E-state index in [0.29, 0.717) is 17.1 Å². The molecule has 2 aromatic rings. The van der Waals surface area contributed by atoms with Crippen LogP contribution in [0.4, 0.5) is 5.69 Å². The Bertz CT molecular complexity index is 633. The van der Waals surface area contributed by atoms with Gasteiger partial charge in [0.25, 0.3) is 0 Å². The zero-order valence-electron chi connectivity index (χ0n) is 12.5. The molecule has 0 aliphatic rings. The first-order chi connectivity index (χ1) is 10.2. The van der Waals surface area contributed by atoms with Crippen molar-refractivity contribution in [3.8, 4) is 17.2 Å². The minimum atomic E-state index is 0.0696. The molecule has 0 aliphatic heterocycles. The van der Waals surface area contributed by atoms with Crippen molar-refractivity contribution in [2.24, 2.45) is 4.99 Å². The van der Waals surface area contributed by atoms with E-state index in [-0.39, 0.29) is 5.75 Å².